The molecule has 0 bridgehead atoms. The maximum Gasteiger partial charge on any atom is 0.326 e. The average Bonchev–Trinajstić information content (AvgIpc) is 2.87. The molecule has 2 unspecified atom stereocenters. The van der Waals surface area contributed by atoms with Gasteiger partial charge in [0.05, 0.1) is 10.6 Å². The van der Waals surface area contributed by atoms with Gasteiger partial charge in [-0.05, 0) is 34.1 Å². The van der Waals surface area contributed by atoms with E-state index in [1.165, 1.54) is 24.1 Å². The van der Waals surface area contributed by atoms with Crippen LogP contribution in [0.5, 0.6) is 0 Å². The van der Waals surface area contributed by atoms with Crippen LogP contribution in [0.2, 0.25) is 0 Å². The molecule has 2 atom stereocenters. The van der Waals surface area contributed by atoms with E-state index in [-0.39, 0.29) is 29.2 Å². The molecule has 0 spiro atoms. The molecule has 1 aliphatic heterocycles. The van der Waals surface area contributed by atoms with Crippen LogP contribution in [0.3, 0.4) is 0 Å². The lowest BCUT2D eigenvalue weighted by Gasteiger charge is -2.21. The molecular formula is C13H14BrFN2O4. The molecule has 1 aliphatic rings. The first kappa shape index (κ1) is 15.7. The van der Waals surface area contributed by atoms with Gasteiger partial charge in [-0.2, -0.15) is 0 Å². The lowest BCUT2D eigenvalue weighted by molar-refractivity contribution is -0.141. The van der Waals surface area contributed by atoms with E-state index in [0.717, 1.165) is 6.07 Å². The number of carboxylic acid groups (broad SMARTS) is 1. The third kappa shape index (κ3) is 3.51. The largest absolute Gasteiger partial charge is 0.480 e. The van der Waals surface area contributed by atoms with Gasteiger partial charge in [0.25, 0.3) is 0 Å². The van der Waals surface area contributed by atoms with E-state index < -0.39 is 23.9 Å². The lowest BCUT2D eigenvalue weighted by Crippen LogP contribution is -2.43. The summed E-state index contributed by atoms with van der Waals surface area (Å²) in [4.78, 5) is 24.5. The Hall–Kier alpha value is -1.67. The van der Waals surface area contributed by atoms with Crippen LogP contribution in [0.25, 0.3) is 0 Å². The van der Waals surface area contributed by atoms with Crippen LogP contribution in [-0.4, -0.2) is 47.8 Å². The summed E-state index contributed by atoms with van der Waals surface area (Å²) in [6, 6.07) is 2.59. The van der Waals surface area contributed by atoms with Crippen molar-refractivity contribution in [3.8, 4) is 0 Å². The maximum atomic E-state index is 13.4. The van der Waals surface area contributed by atoms with Crippen LogP contribution in [-0.2, 0) is 9.53 Å². The first-order valence-electron chi connectivity index (χ1n) is 6.20. The number of nitrogens with zero attached hydrogens (tertiary/aromatic N) is 1. The number of carbonyl (C=O) groups excluding carboxylic acids is 1. The molecule has 2 amide bonds. The Balaban J connectivity index is 2.11. The summed E-state index contributed by atoms with van der Waals surface area (Å²) in [6.45, 7) is 0.179. The first-order chi connectivity index (χ1) is 9.92. The van der Waals surface area contributed by atoms with Gasteiger partial charge in [0.1, 0.15) is 11.9 Å². The van der Waals surface area contributed by atoms with Crippen molar-refractivity contribution in [3.63, 3.8) is 0 Å². The summed E-state index contributed by atoms with van der Waals surface area (Å²) in [5.41, 5.74) is 0.255. The number of halogens is 2. The van der Waals surface area contributed by atoms with E-state index >= 15 is 0 Å². The van der Waals surface area contributed by atoms with Crippen LogP contribution in [0.15, 0.2) is 22.7 Å². The molecule has 1 aromatic carbocycles. The zero-order valence-electron chi connectivity index (χ0n) is 11.2. The minimum absolute atomic E-state index is 0.179. The van der Waals surface area contributed by atoms with Gasteiger partial charge in [-0.15, -0.1) is 0 Å². The summed E-state index contributed by atoms with van der Waals surface area (Å²) < 4.78 is 18.8. The van der Waals surface area contributed by atoms with Crippen molar-refractivity contribution < 1.29 is 23.8 Å². The van der Waals surface area contributed by atoms with Gasteiger partial charge in [-0.25, -0.2) is 14.0 Å². The van der Waals surface area contributed by atoms with E-state index in [1.54, 1.807) is 0 Å². The number of carbonyl (C=O) groups is 2. The number of benzene rings is 1. The highest BCUT2D eigenvalue weighted by Crippen LogP contribution is 2.23. The molecular weight excluding hydrogens is 347 g/mol. The molecule has 0 radical (unpaired) electrons. The van der Waals surface area contributed by atoms with Gasteiger partial charge in [-0.3, -0.25) is 0 Å². The predicted molar refractivity (Wildman–Crippen MR) is 76.7 cm³/mol. The van der Waals surface area contributed by atoms with Crippen LogP contribution >= 0.6 is 15.9 Å². The van der Waals surface area contributed by atoms with Gasteiger partial charge in [0.15, 0.2) is 0 Å². The molecule has 6 nitrogen and oxygen atoms in total. The van der Waals surface area contributed by atoms with Crippen molar-refractivity contribution in [1.82, 2.24) is 4.90 Å². The van der Waals surface area contributed by atoms with Gasteiger partial charge >= 0.3 is 12.0 Å². The molecule has 0 saturated carbocycles. The second kappa shape index (κ2) is 6.40. The van der Waals surface area contributed by atoms with E-state index in [9.17, 15) is 14.0 Å². The smallest absolute Gasteiger partial charge is 0.326 e. The third-order valence-corrected chi connectivity index (χ3v) is 3.96. The summed E-state index contributed by atoms with van der Waals surface area (Å²) in [7, 11) is 1.47. The van der Waals surface area contributed by atoms with Crippen molar-refractivity contribution in [1.29, 1.82) is 0 Å². The monoisotopic (exact) mass is 360 g/mol. The summed E-state index contributed by atoms with van der Waals surface area (Å²) >= 11 is 3.02. The molecule has 1 saturated heterocycles. The lowest BCUT2D eigenvalue weighted by atomic mass is 10.2. The number of ether oxygens (including phenoxy) is 1. The summed E-state index contributed by atoms with van der Waals surface area (Å²) in [6.07, 6.45) is -0.0907. The van der Waals surface area contributed by atoms with Crippen molar-refractivity contribution in [2.24, 2.45) is 0 Å². The molecule has 0 aliphatic carbocycles. The van der Waals surface area contributed by atoms with Crippen molar-refractivity contribution in [2.45, 2.75) is 18.6 Å². The number of hydrogen-bond donors (Lipinski definition) is 2. The fourth-order valence-corrected chi connectivity index (χ4v) is 2.44. The topological polar surface area (TPSA) is 78.9 Å². The Kier molecular flexibility index (Phi) is 4.79. The quantitative estimate of drug-likeness (QED) is 0.866. The number of anilines is 1. The molecule has 2 rings (SSSR count). The molecule has 114 valence electrons. The number of rotatable bonds is 3. The Labute approximate surface area is 129 Å². The predicted octanol–water partition coefficient (Wildman–Crippen LogP) is 2.29. The SMILES string of the molecule is COC1CC(C(=O)O)N(C(=O)Nc2ccc(Br)c(F)c2)C1. The normalized spacial score (nSPS) is 21.4. The number of carboxylic acids is 1. The standard InChI is InChI=1S/C13H14BrFN2O4/c1-21-8-5-11(12(18)19)17(6-8)13(20)16-7-2-3-9(14)10(15)4-7/h2-4,8,11H,5-6H2,1H3,(H,16,20)(H,18,19). The number of nitrogens with one attached hydrogen (secondary N) is 1. The second-order valence-corrected chi connectivity index (χ2v) is 5.51. The van der Waals surface area contributed by atoms with E-state index in [4.69, 9.17) is 9.84 Å². The van der Waals surface area contributed by atoms with Crippen LogP contribution in [0.4, 0.5) is 14.9 Å². The number of aliphatic carboxylic acids is 1. The maximum absolute atomic E-state index is 13.4. The number of hydrogen-bond acceptors (Lipinski definition) is 3. The molecule has 21 heavy (non-hydrogen) atoms. The molecule has 8 heteroatoms. The molecule has 0 aromatic heterocycles. The Morgan fingerprint density at radius 2 is 2.24 bits per heavy atom. The van der Waals surface area contributed by atoms with Gasteiger partial charge in [0.2, 0.25) is 0 Å². The third-order valence-electron chi connectivity index (χ3n) is 3.31. The minimum Gasteiger partial charge on any atom is -0.480 e. The summed E-state index contributed by atoms with van der Waals surface area (Å²) in [5, 5.41) is 11.6. The van der Waals surface area contributed by atoms with Crippen molar-refractivity contribution >= 4 is 33.6 Å². The molecule has 2 N–H and O–H groups in total. The summed E-state index contributed by atoms with van der Waals surface area (Å²) in [5.74, 6) is -1.61. The first-order valence-corrected chi connectivity index (χ1v) is 7.00. The zero-order chi connectivity index (χ0) is 15.6. The highest BCUT2D eigenvalue weighted by molar-refractivity contribution is 9.10. The van der Waals surface area contributed by atoms with E-state index in [2.05, 4.69) is 21.2 Å². The number of amides is 2. The minimum atomic E-state index is -1.09. The molecule has 1 heterocycles. The van der Waals surface area contributed by atoms with E-state index in [1.807, 2.05) is 0 Å². The van der Waals surface area contributed by atoms with Crippen LogP contribution < -0.4 is 5.32 Å². The Morgan fingerprint density at radius 3 is 2.81 bits per heavy atom. The van der Waals surface area contributed by atoms with Crippen molar-refractivity contribution in [3.05, 3.63) is 28.5 Å². The second-order valence-electron chi connectivity index (χ2n) is 4.66. The molecule has 1 aromatic rings. The number of urea groups is 1. The average molecular weight is 361 g/mol. The van der Waals surface area contributed by atoms with Gasteiger partial charge in [-0.1, -0.05) is 0 Å². The number of likely N-dealkylation sites (tertiary alicyclic amines) is 1. The highest BCUT2D eigenvalue weighted by atomic mass is 79.9. The van der Waals surface area contributed by atoms with Gasteiger partial charge in [0, 0.05) is 25.8 Å². The van der Waals surface area contributed by atoms with Crippen LogP contribution in [0.1, 0.15) is 6.42 Å². The zero-order valence-corrected chi connectivity index (χ0v) is 12.8. The molecule has 1 fully saturated rings. The van der Waals surface area contributed by atoms with Gasteiger partial charge < -0.3 is 20.1 Å². The fraction of sp³-hybridized carbons (Fsp3) is 0.385. The highest BCUT2D eigenvalue weighted by Gasteiger charge is 2.39. The van der Waals surface area contributed by atoms with Crippen molar-refractivity contribution in [2.75, 3.05) is 19.0 Å². The fourth-order valence-electron chi connectivity index (χ4n) is 2.20. The van der Waals surface area contributed by atoms with E-state index in [0.29, 0.717) is 0 Å². The Bertz CT molecular complexity index is 569. The number of methoxy groups -OCH3 is 1. The van der Waals surface area contributed by atoms with Crippen LogP contribution in [0, 0.1) is 5.82 Å². The Morgan fingerprint density at radius 1 is 1.52 bits per heavy atom.